The van der Waals surface area contributed by atoms with E-state index < -0.39 is 22.7 Å². The third-order valence-corrected chi connectivity index (χ3v) is 2.45. The van der Waals surface area contributed by atoms with Crippen molar-refractivity contribution in [1.29, 1.82) is 0 Å². The predicted octanol–water partition coefficient (Wildman–Crippen LogP) is 1.66. The molecule has 18 heavy (non-hydrogen) atoms. The van der Waals surface area contributed by atoms with Crippen molar-refractivity contribution in [3.63, 3.8) is 0 Å². The van der Waals surface area contributed by atoms with E-state index in [4.69, 9.17) is 5.73 Å². The number of carbonyl (C=O) groups excluding carboxylic acids is 1. The van der Waals surface area contributed by atoms with Crippen LogP contribution in [0.2, 0.25) is 0 Å². The van der Waals surface area contributed by atoms with Crippen LogP contribution in [-0.2, 0) is 4.79 Å². The zero-order chi connectivity index (χ0) is 13.9. The maximum atomic E-state index is 13.6. The maximum absolute atomic E-state index is 13.6. The van der Waals surface area contributed by atoms with Crippen molar-refractivity contribution < 1.29 is 14.1 Å². The molecule has 1 rings (SSSR count). The van der Waals surface area contributed by atoms with Crippen molar-refractivity contribution >= 4 is 17.3 Å². The minimum absolute atomic E-state index is 0.0121. The molecule has 0 spiro atoms. The van der Waals surface area contributed by atoms with Crippen LogP contribution in [0, 0.1) is 21.8 Å². The van der Waals surface area contributed by atoms with Gasteiger partial charge in [-0.25, -0.2) is 4.39 Å². The van der Waals surface area contributed by atoms with Crippen LogP contribution in [0.25, 0.3) is 0 Å². The summed E-state index contributed by atoms with van der Waals surface area (Å²) in [6.45, 7) is 3.51. The summed E-state index contributed by atoms with van der Waals surface area (Å²) in [6, 6.07) is 2.43. The molecule has 0 aliphatic heterocycles. The number of nitro groups is 1. The quantitative estimate of drug-likeness (QED) is 0.617. The molecule has 0 aliphatic carbocycles. The maximum Gasteiger partial charge on any atom is 0.272 e. The molecular weight excluding hydrogens is 241 g/mol. The first-order chi connectivity index (χ1) is 8.32. The molecular formula is C11H14FN3O3. The van der Waals surface area contributed by atoms with E-state index >= 15 is 0 Å². The molecule has 98 valence electrons. The molecule has 1 aromatic rings. The highest BCUT2D eigenvalue weighted by atomic mass is 19.1. The van der Waals surface area contributed by atoms with Crippen molar-refractivity contribution in [2.24, 2.45) is 11.7 Å². The second-order valence-corrected chi connectivity index (χ2v) is 4.19. The second kappa shape index (κ2) is 5.44. The van der Waals surface area contributed by atoms with Gasteiger partial charge in [0, 0.05) is 6.07 Å². The van der Waals surface area contributed by atoms with Gasteiger partial charge in [0.1, 0.15) is 6.04 Å². The first-order valence-electron chi connectivity index (χ1n) is 5.32. The molecule has 0 aliphatic rings. The number of rotatable bonds is 5. The Morgan fingerprint density at radius 1 is 1.50 bits per heavy atom. The summed E-state index contributed by atoms with van der Waals surface area (Å²) in [5.74, 6) is -1.53. The summed E-state index contributed by atoms with van der Waals surface area (Å²) in [5, 5.41) is 13.1. The average molecular weight is 255 g/mol. The zero-order valence-electron chi connectivity index (χ0n) is 10.0. The molecule has 1 atom stereocenters. The van der Waals surface area contributed by atoms with E-state index in [9.17, 15) is 19.3 Å². The third kappa shape index (κ3) is 3.16. The summed E-state index contributed by atoms with van der Waals surface area (Å²) in [6.07, 6.45) is 0. The van der Waals surface area contributed by atoms with Gasteiger partial charge in [-0.15, -0.1) is 0 Å². The van der Waals surface area contributed by atoms with Crippen LogP contribution in [0.5, 0.6) is 0 Å². The first-order valence-corrected chi connectivity index (χ1v) is 5.32. The molecule has 1 unspecified atom stereocenters. The monoisotopic (exact) mass is 255 g/mol. The van der Waals surface area contributed by atoms with Gasteiger partial charge in [-0.1, -0.05) is 13.8 Å². The molecule has 0 bridgehead atoms. The minimum atomic E-state index is -0.795. The molecule has 7 heteroatoms. The molecule has 0 heterocycles. The van der Waals surface area contributed by atoms with E-state index in [0.717, 1.165) is 12.1 Å². The fourth-order valence-corrected chi connectivity index (χ4v) is 1.47. The number of primary amides is 1. The van der Waals surface area contributed by atoms with E-state index in [1.54, 1.807) is 13.8 Å². The van der Waals surface area contributed by atoms with E-state index in [-0.39, 0.29) is 17.3 Å². The van der Waals surface area contributed by atoms with Crippen molar-refractivity contribution in [2.45, 2.75) is 19.9 Å². The van der Waals surface area contributed by atoms with Gasteiger partial charge in [0.15, 0.2) is 5.82 Å². The normalized spacial score (nSPS) is 12.2. The van der Waals surface area contributed by atoms with E-state index in [1.165, 1.54) is 6.07 Å². The van der Waals surface area contributed by atoms with Crippen molar-refractivity contribution in [3.8, 4) is 0 Å². The number of halogens is 1. The Balaban J connectivity index is 2.97. The highest BCUT2D eigenvalue weighted by Gasteiger charge is 2.21. The number of non-ortho nitro benzene ring substituents is 1. The Morgan fingerprint density at radius 3 is 2.50 bits per heavy atom. The zero-order valence-corrected chi connectivity index (χ0v) is 10.0. The summed E-state index contributed by atoms with van der Waals surface area (Å²) in [4.78, 5) is 20.9. The molecule has 0 radical (unpaired) electrons. The van der Waals surface area contributed by atoms with Crippen LogP contribution in [0.4, 0.5) is 15.8 Å². The summed E-state index contributed by atoms with van der Waals surface area (Å²) in [5.41, 5.74) is 4.84. The van der Waals surface area contributed by atoms with Gasteiger partial charge in [0.2, 0.25) is 5.91 Å². The van der Waals surface area contributed by atoms with Gasteiger partial charge >= 0.3 is 0 Å². The number of hydrogen-bond donors (Lipinski definition) is 2. The van der Waals surface area contributed by atoms with Gasteiger partial charge in [-0.3, -0.25) is 14.9 Å². The largest absolute Gasteiger partial charge is 0.371 e. The second-order valence-electron chi connectivity index (χ2n) is 4.19. The highest BCUT2D eigenvalue weighted by Crippen LogP contribution is 2.22. The fourth-order valence-electron chi connectivity index (χ4n) is 1.47. The van der Waals surface area contributed by atoms with Gasteiger partial charge in [-0.2, -0.15) is 0 Å². The summed E-state index contributed by atoms with van der Waals surface area (Å²) >= 11 is 0. The molecule has 1 aromatic carbocycles. The van der Waals surface area contributed by atoms with E-state index in [1.807, 2.05) is 0 Å². The minimum Gasteiger partial charge on any atom is -0.371 e. The van der Waals surface area contributed by atoms with E-state index in [0.29, 0.717) is 0 Å². The Bertz CT molecular complexity index is 477. The molecule has 0 saturated heterocycles. The number of nitrogens with two attached hydrogens (primary N) is 1. The summed E-state index contributed by atoms with van der Waals surface area (Å²) < 4.78 is 13.6. The third-order valence-electron chi connectivity index (χ3n) is 2.45. The number of amides is 1. The predicted molar refractivity (Wildman–Crippen MR) is 64.5 cm³/mol. The van der Waals surface area contributed by atoms with Crippen LogP contribution in [0.15, 0.2) is 18.2 Å². The molecule has 0 fully saturated rings. The van der Waals surface area contributed by atoms with Gasteiger partial charge in [-0.05, 0) is 12.0 Å². The van der Waals surface area contributed by atoms with Gasteiger partial charge < -0.3 is 11.1 Å². The standard InChI is InChI=1S/C11H14FN3O3/c1-6(2)10(11(13)16)14-9-4-3-7(15(17)18)5-8(9)12/h3-6,10,14H,1-2H3,(H2,13,16). The molecule has 6 nitrogen and oxygen atoms in total. The lowest BCUT2D eigenvalue weighted by Gasteiger charge is -2.20. The number of nitro benzene ring substituents is 1. The molecule has 1 amide bonds. The Morgan fingerprint density at radius 2 is 2.11 bits per heavy atom. The van der Waals surface area contributed by atoms with E-state index in [2.05, 4.69) is 5.32 Å². The Kier molecular flexibility index (Phi) is 4.19. The van der Waals surface area contributed by atoms with Gasteiger partial charge in [0.05, 0.1) is 16.7 Å². The smallest absolute Gasteiger partial charge is 0.272 e. The number of hydrogen-bond acceptors (Lipinski definition) is 4. The topological polar surface area (TPSA) is 98.3 Å². The average Bonchev–Trinajstić information content (AvgIpc) is 2.25. The lowest BCUT2D eigenvalue weighted by Crippen LogP contribution is -2.39. The number of benzene rings is 1. The molecule has 0 aromatic heterocycles. The number of nitrogens with zero attached hydrogens (tertiary/aromatic N) is 1. The number of anilines is 1. The highest BCUT2D eigenvalue weighted by molar-refractivity contribution is 5.83. The number of carbonyl (C=O) groups is 1. The molecule has 3 N–H and O–H groups in total. The van der Waals surface area contributed by atoms with Gasteiger partial charge in [0.25, 0.3) is 5.69 Å². The Hall–Kier alpha value is -2.18. The number of nitrogens with one attached hydrogen (secondary N) is 1. The lowest BCUT2D eigenvalue weighted by molar-refractivity contribution is -0.385. The Labute approximate surface area is 103 Å². The van der Waals surface area contributed by atoms with Crippen molar-refractivity contribution in [1.82, 2.24) is 0 Å². The SMILES string of the molecule is CC(C)C(Nc1ccc([N+](=O)[O-])cc1F)C(N)=O. The van der Waals surface area contributed by atoms with Crippen molar-refractivity contribution in [3.05, 3.63) is 34.1 Å². The van der Waals surface area contributed by atoms with Crippen LogP contribution < -0.4 is 11.1 Å². The van der Waals surface area contributed by atoms with Crippen LogP contribution in [0.1, 0.15) is 13.8 Å². The van der Waals surface area contributed by atoms with Crippen LogP contribution >= 0.6 is 0 Å². The summed E-state index contributed by atoms with van der Waals surface area (Å²) in [7, 11) is 0. The molecule has 0 saturated carbocycles. The lowest BCUT2D eigenvalue weighted by atomic mass is 10.0. The first kappa shape index (κ1) is 13.9. The van der Waals surface area contributed by atoms with Crippen LogP contribution in [0.3, 0.4) is 0 Å². The fraction of sp³-hybridized carbons (Fsp3) is 0.364. The van der Waals surface area contributed by atoms with Crippen LogP contribution in [-0.4, -0.2) is 16.9 Å². The van der Waals surface area contributed by atoms with Crippen molar-refractivity contribution in [2.75, 3.05) is 5.32 Å².